The van der Waals surface area contributed by atoms with Crippen LogP contribution in [0.4, 0.5) is 11.4 Å². The molecule has 0 unspecified atom stereocenters. The predicted molar refractivity (Wildman–Crippen MR) is 134 cm³/mol. The van der Waals surface area contributed by atoms with Crippen LogP contribution in [0.1, 0.15) is 16.7 Å². The Kier molecular flexibility index (Phi) is 5.57. The lowest BCUT2D eigenvalue weighted by Crippen LogP contribution is -2.37. The van der Waals surface area contributed by atoms with Crippen molar-refractivity contribution in [3.63, 3.8) is 0 Å². The Bertz CT molecular complexity index is 1310. The number of amides is 2. The van der Waals surface area contributed by atoms with E-state index < -0.39 is 0 Å². The number of anilines is 2. The summed E-state index contributed by atoms with van der Waals surface area (Å²) in [5.74, 6) is -0.0714. The van der Waals surface area contributed by atoms with Gasteiger partial charge in [-0.1, -0.05) is 48.5 Å². The largest absolute Gasteiger partial charge is 0.496 e. The quantitative estimate of drug-likeness (QED) is 0.545. The van der Waals surface area contributed by atoms with Crippen LogP contribution in [0.3, 0.4) is 0 Å². The third-order valence-electron chi connectivity index (χ3n) is 6.49. The van der Waals surface area contributed by atoms with E-state index in [2.05, 4.69) is 12.1 Å². The molecular weight excluding hydrogens is 426 g/mol. The Balaban J connectivity index is 1.64. The van der Waals surface area contributed by atoms with Crippen molar-refractivity contribution in [2.24, 2.45) is 0 Å². The van der Waals surface area contributed by atoms with Gasteiger partial charge in [0, 0.05) is 38.4 Å². The van der Waals surface area contributed by atoms with Crippen LogP contribution in [0, 0.1) is 0 Å². The zero-order valence-electron chi connectivity index (χ0n) is 19.6. The molecule has 34 heavy (non-hydrogen) atoms. The van der Waals surface area contributed by atoms with Crippen molar-refractivity contribution >= 4 is 28.8 Å². The molecule has 2 heterocycles. The van der Waals surface area contributed by atoms with E-state index in [1.165, 1.54) is 16.0 Å². The first-order chi connectivity index (χ1) is 16.5. The topological polar surface area (TPSA) is 53.1 Å². The smallest absolute Gasteiger partial charge is 0.282 e. The van der Waals surface area contributed by atoms with Crippen molar-refractivity contribution < 1.29 is 14.3 Å². The van der Waals surface area contributed by atoms with Crippen LogP contribution in [0.5, 0.6) is 5.75 Å². The number of rotatable bonds is 5. The summed E-state index contributed by atoms with van der Waals surface area (Å²) >= 11 is 0. The van der Waals surface area contributed by atoms with Gasteiger partial charge in [-0.05, 0) is 41.8 Å². The first-order valence-electron chi connectivity index (χ1n) is 11.3. The molecule has 3 aromatic rings. The summed E-state index contributed by atoms with van der Waals surface area (Å²) < 4.78 is 5.58. The second-order valence-electron chi connectivity index (χ2n) is 8.72. The summed E-state index contributed by atoms with van der Waals surface area (Å²) in [4.78, 5) is 33.1. The minimum atomic E-state index is -0.334. The van der Waals surface area contributed by atoms with Gasteiger partial charge in [-0.2, -0.15) is 0 Å². The van der Waals surface area contributed by atoms with Gasteiger partial charge in [0.1, 0.15) is 11.4 Å². The fraction of sp³-hybridized carbons (Fsp3) is 0.214. The van der Waals surface area contributed by atoms with Gasteiger partial charge in [-0.3, -0.25) is 9.59 Å². The molecule has 2 amide bonds. The average Bonchev–Trinajstić information content (AvgIpc) is 3.13. The van der Waals surface area contributed by atoms with Crippen molar-refractivity contribution in [1.82, 2.24) is 4.90 Å². The second-order valence-corrected chi connectivity index (χ2v) is 8.72. The molecule has 0 atom stereocenters. The van der Waals surface area contributed by atoms with E-state index in [1.807, 2.05) is 78.5 Å². The van der Waals surface area contributed by atoms with Gasteiger partial charge >= 0.3 is 0 Å². The lowest BCUT2D eigenvalue weighted by Gasteiger charge is -2.31. The highest BCUT2D eigenvalue weighted by Gasteiger charge is 2.44. The van der Waals surface area contributed by atoms with Crippen LogP contribution >= 0.6 is 0 Å². The molecule has 0 saturated carbocycles. The van der Waals surface area contributed by atoms with Gasteiger partial charge in [0.05, 0.1) is 18.4 Å². The van der Waals surface area contributed by atoms with E-state index in [4.69, 9.17) is 4.74 Å². The first-order valence-corrected chi connectivity index (χ1v) is 11.3. The van der Waals surface area contributed by atoms with Gasteiger partial charge in [-0.25, -0.2) is 4.90 Å². The molecule has 5 rings (SSSR count). The number of hydrogen-bond donors (Lipinski definition) is 0. The molecule has 0 spiro atoms. The number of fused-ring (bicyclic) bond motifs is 1. The van der Waals surface area contributed by atoms with Crippen molar-refractivity contribution in [3.8, 4) is 5.75 Å². The second kappa shape index (κ2) is 8.71. The van der Waals surface area contributed by atoms with Crippen LogP contribution in [-0.2, 0) is 22.6 Å². The Hall–Kier alpha value is -4.06. The van der Waals surface area contributed by atoms with Crippen LogP contribution in [0.15, 0.2) is 78.5 Å². The fourth-order valence-corrected chi connectivity index (χ4v) is 4.74. The summed E-state index contributed by atoms with van der Waals surface area (Å²) in [7, 11) is 5.44. The number of para-hydroxylation sites is 1. The maximum atomic E-state index is 13.9. The average molecular weight is 454 g/mol. The summed E-state index contributed by atoms with van der Waals surface area (Å²) in [5.41, 5.74) is 5.37. The highest BCUT2D eigenvalue weighted by molar-refractivity contribution is 6.45. The third-order valence-corrected chi connectivity index (χ3v) is 6.49. The van der Waals surface area contributed by atoms with Crippen LogP contribution in [0.2, 0.25) is 0 Å². The van der Waals surface area contributed by atoms with E-state index in [0.717, 1.165) is 12.1 Å². The molecule has 0 aliphatic carbocycles. The molecule has 0 bridgehead atoms. The van der Waals surface area contributed by atoms with Gasteiger partial charge in [0.2, 0.25) is 0 Å². The Morgan fingerprint density at radius 2 is 1.59 bits per heavy atom. The molecule has 0 N–H and O–H groups in total. The molecule has 6 nitrogen and oxygen atoms in total. The SMILES string of the molecule is COc1ccccc1C1=C(N2CCc3ccccc3C2)C(=O)N(c2cccc(N(C)C)c2)C1=O. The number of imide groups is 1. The number of ether oxygens (including phenoxy) is 1. The molecule has 0 radical (unpaired) electrons. The standard InChI is InChI=1S/C28H27N3O3/c1-29(2)21-11-8-12-22(17-21)31-27(32)25(23-13-6-7-14-24(23)34-3)26(28(31)33)30-16-15-19-9-4-5-10-20(19)18-30/h4-14,17H,15-16,18H2,1-3H3. The van der Waals surface area contributed by atoms with E-state index in [9.17, 15) is 9.59 Å². The maximum Gasteiger partial charge on any atom is 0.282 e. The molecule has 2 aliphatic rings. The number of carbonyl (C=O) groups is 2. The van der Waals surface area contributed by atoms with Crippen molar-refractivity contribution in [3.05, 3.63) is 95.2 Å². The minimum Gasteiger partial charge on any atom is -0.496 e. The summed E-state index contributed by atoms with van der Waals surface area (Å²) in [6, 6.07) is 23.1. The lowest BCUT2D eigenvalue weighted by atomic mass is 9.97. The predicted octanol–water partition coefficient (Wildman–Crippen LogP) is 4.10. The lowest BCUT2D eigenvalue weighted by molar-refractivity contribution is -0.120. The molecule has 0 saturated heterocycles. The monoisotopic (exact) mass is 453 g/mol. The van der Waals surface area contributed by atoms with E-state index >= 15 is 0 Å². The molecule has 3 aromatic carbocycles. The number of carbonyl (C=O) groups excluding carboxylic acids is 2. The van der Waals surface area contributed by atoms with Crippen LogP contribution in [-0.4, -0.2) is 44.5 Å². The zero-order valence-corrected chi connectivity index (χ0v) is 19.6. The first kappa shape index (κ1) is 21.8. The molecule has 0 fully saturated rings. The molecular formula is C28H27N3O3. The normalized spacial score (nSPS) is 15.6. The van der Waals surface area contributed by atoms with Crippen molar-refractivity contribution in [2.75, 3.05) is 37.5 Å². The van der Waals surface area contributed by atoms with Gasteiger partial charge < -0.3 is 14.5 Å². The molecule has 172 valence electrons. The maximum absolute atomic E-state index is 13.9. The number of methoxy groups -OCH3 is 1. The van der Waals surface area contributed by atoms with Crippen LogP contribution in [0.25, 0.3) is 5.57 Å². The highest BCUT2D eigenvalue weighted by Crippen LogP contribution is 2.40. The number of nitrogens with zero attached hydrogens (tertiary/aromatic N) is 3. The van der Waals surface area contributed by atoms with Gasteiger partial charge in [-0.15, -0.1) is 0 Å². The molecule has 2 aliphatic heterocycles. The molecule has 6 heteroatoms. The third kappa shape index (κ3) is 3.61. The summed E-state index contributed by atoms with van der Waals surface area (Å²) in [5, 5.41) is 0. The zero-order chi connectivity index (χ0) is 23.8. The van der Waals surface area contributed by atoms with Crippen LogP contribution < -0.4 is 14.5 Å². The molecule has 0 aromatic heterocycles. The van der Waals surface area contributed by atoms with E-state index in [1.54, 1.807) is 13.2 Å². The minimum absolute atomic E-state index is 0.304. The summed E-state index contributed by atoms with van der Waals surface area (Å²) in [6.45, 7) is 1.24. The van der Waals surface area contributed by atoms with Gasteiger partial charge in [0.15, 0.2) is 0 Å². The Morgan fingerprint density at radius 3 is 2.35 bits per heavy atom. The van der Waals surface area contributed by atoms with Crippen molar-refractivity contribution in [1.29, 1.82) is 0 Å². The number of hydrogen-bond acceptors (Lipinski definition) is 5. The Morgan fingerprint density at radius 1 is 0.853 bits per heavy atom. The van der Waals surface area contributed by atoms with Gasteiger partial charge in [0.25, 0.3) is 11.8 Å². The van der Waals surface area contributed by atoms with Crippen molar-refractivity contribution in [2.45, 2.75) is 13.0 Å². The highest BCUT2D eigenvalue weighted by atomic mass is 16.5. The summed E-state index contributed by atoms with van der Waals surface area (Å²) in [6.07, 6.45) is 0.816. The van der Waals surface area contributed by atoms with E-state index in [-0.39, 0.29) is 11.8 Å². The van der Waals surface area contributed by atoms with E-state index in [0.29, 0.717) is 41.4 Å². The fourth-order valence-electron chi connectivity index (χ4n) is 4.74. The number of benzene rings is 3. The Labute approximate surface area is 199 Å².